The summed E-state index contributed by atoms with van der Waals surface area (Å²) in [5.74, 6) is 0.488. The zero-order chi connectivity index (χ0) is 59.9. The van der Waals surface area contributed by atoms with Gasteiger partial charge in [0.25, 0.3) is 0 Å². The molecule has 1 fully saturated rings. The molecule has 1 saturated heterocycles. The fraction of sp³-hybridized carbons (Fsp3) is 0.472. The second-order valence-corrected chi connectivity index (χ2v) is 32.3. The van der Waals surface area contributed by atoms with E-state index in [2.05, 4.69) is 54.0 Å². The minimum absolute atomic E-state index is 0.0355. The number of benzene rings is 4. The van der Waals surface area contributed by atoms with Crippen molar-refractivity contribution in [1.82, 2.24) is 30.9 Å². The molecular formula is C53H58F12N10O5Sn. The van der Waals surface area contributed by atoms with Crippen LogP contribution in [-0.2, 0) is 55.1 Å². The predicted molar refractivity (Wildman–Crippen MR) is 275 cm³/mol. The van der Waals surface area contributed by atoms with E-state index in [-0.39, 0.29) is 44.8 Å². The summed E-state index contributed by atoms with van der Waals surface area (Å²) in [4.78, 5) is 8.92. The molecule has 1 N–H and O–H groups in total. The van der Waals surface area contributed by atoms with Crippen LogP contribution in [0.5, 0.6) is 11.5 Å². The first-order valence-electron chi connectivity index (χ1n) is 25.6. The maximum atomic E-state index is 13.6. The van der Waals surface area contributed by atoms with Crippen molar-refractivity contribution in [2.75, 3.05) is 13.2 Å². The van der Waals surface area contributed by atoms with Crippen molar-refractivity contribution in [2.24, 2.45) is 3.34 Å². The number of hydrogen-bond donors (Lipinski definition) is 1. The Morgan fingerprint density at radius 2 is 1.09 bits per heavy atom. The molecule has 4 heterocycles. The molecule has 0 amide bonds. The number of rotatable bonds is 16. The summed E-state index contributed by atoms with van der Waals surface area (Å²) >= 11 is -2.07. The van der Waals surface area contributed by atoms with Crippen molar-refractivity contribution in [3.63, 3.8) is 0 Å². The molecule has 0 saturated carbocycles. The van der Waals surface area contributed by atoms with Gasteiger partial charge in [0, 0.05) is 35.5 Å². The summed E-state index contributed by atoms with van der Waals surface area (Å²) in [5.41, 5.74) is 5.90. The van der Waals surface area contributed by atoms with E-state index >= 15 is 0 Å². The van der Waals surface area contributed by atoms with Gasteiger partial charge in [0.15, 0.2) is 28.7 Å². The number of aromatic amines is 1. The SMILES string of the molecule is C1CCOC1.CCCc1cc2c(C(F)(F)F)noc2c(CCC)c1OC(C#N)c1ccc(C(F)(F)F)cc1.CCCc1cc2c(C(F)(F)F)noc2c(CCC)c1OC(c1ccc(C(F)(F)F)cc1)c1nn[nH]n1.[CH3][Sn]([CH3])([CH3])[N]=[N+]=[N-]. The first kappa shape index (κ1) is 65.0. The van der Waals surface area contributed by atoms with E-state index in [9.17, 15) is 57.9 Å². The van der Waals surface area contributed by atoms with Gasteiger partial charge in [-0.3, -0.25) is 0 Å². The predicted octanol–water partition coefficient (Wildman–Crippen LogP) is 16.8. The number of ether oxygens (including phenoxy) is 3. The van der Waals surface area contributed by atoms with Crippen molar-refractivity contribution >= 4 is 40.6 Å². The van der Waals surface area contributed by atoms with E-state index in [4.69, 9.17) is 28.8 Å². The third kappa shape index (κ3) is 17.6. The van der Waals surface area contributed by atoms with E-state index in [1.165, 1.54) is 37.1 Å². The summed E-state index contributed by atoms with van der Waals surface area (Å²) in [6, 6.07) is 12.8. The van der Waals surface area contributed by atoms with E-state index < -0.39 is 78.1 Å². The van der Waals surface area contributed by atoms with Gasteiger partial charge in [0.05, 0.1) is 21.9 Å². The van der Waals surface area contributed by atoms with Gasteiger partial charge in [0.1, 0.15) is 17.6 Å². The average molecular weight is 1260 g/mol. The third-order valence-corrected chi connectivity index (χ3v) is 13.8. The van der Waals surface area contributed by atoms with Crippen LogP contribution in [0.2, 0.25) is 14.8 Å². The number of tetrazole rings is 1. The normalized spacial score (nSPS) is 13.7. The quantitative estimate of drug-likeness (QED) is 0.0316. The summed E-state index contributed by atoms with van der Waals surface area (Å²) in [7, 11) is 0. The number of aromatic nitrogens is 6. The zero-order valence-corrected chi connectivity index (χ0v) is 47.9. The number of H-pyrrole nitrogens is 1. The van der Waals surface area contributed by atoms with Crippen LogP contribution in [0.1, 0.15) is 140 Å². The molecule has 1 aliphatic heterocycles. The number of alkyl halides is 12. The molecule has 28 heteroatoms. The minimum atomic E-state index is -4.71. The Labute approximate surface area is 461 Å². The molecule has 0 aliphatic carbocycles. The van der Waals surface area contributed by atoms with Gasteiger partial charge in [-0.25, -0.2) is 0 Å². The topological polar surface area (TPSA) is 207 Å². The second-order valence-electron chi connectivity index (χ2n) is 19.3. The standard InChI is InChI=1S/C23H21F6N5O2.C23H20F6N2O2.C4H8O.3CH3.N3.Sn/c1-3-5-13-11-16-19(36-32-20(16)23(27,28)29)15(6-4-2)17(13)35-18(21-30-33-34-31-21)12-7-9-14(10-8-12)22(24,25)26;1-3-5-14-11-17-20(33-31-21(17)23(27,28)29)16(6-4-2)19(14)32-18(12-30)13-7-9-15(10-8-13)22(24,25)26;1-2-4-5-3-1;;;;1-3-2;/h7-11,18H,3-6H2,1-2H3,(H,30,31,33,34);7-11,18H,3-6H2,1-2H3;1-4H2;3*1H3;;/q;;;;;;-1;+1. The monoisotopic (exact) mass is 1260 g/mol. The molecule has 7 aromatic rings. The molecule has 438 valence electrons. The van der Waals surface area contributed by atoms with E-state index in [0.717, 1.165) is 49.6 Å². The van der Waals surface area contributed by atoms with Gasteiger partial charge in [-0.2, -0.15) is 63.2 Å². The van der Waals surface area contributed by atoms with Gasteiger partial charge < -0.3 is 23.3 Å². The Hall–Kier alpha value is -6.79. The molecule has 0 spiro atoms. The van der Waals surface area contributed by atoms with Crippen LogP contribution in [0.3, 0.4) is 0 Å². The molecule has 0 radical (unpaired) electrons. The molecule has 2 unspecified atom stereocenters. The van der Waals surface area contributed by atoms with Crippen LogP contribution in [0.15, 0.2) is 73.0 Å². The van der Waals surface area contributed by atoms with Gasteiger partial charge >= 0.3 is 72.0 Å². The second kappa shape index (κ2) is 28.3. The van der Waals surface area contributed by atoms with Gasteiger partial charge in [0.2, 0.25) is 11.9 Å². The summed E-state index contributed by atoms with van der Waals surface area (Å²) in [5, 5.41) is 29.4. The van der Waals surface area contributed by atoms with Gasteiger partial charge in [-0.1, -0.05) is 93.2 Å². The molecule has 8 rings (SSSR count). The van der Waals surface area contributed by atoms with Crippen LogP contribution in [0, 0.1) is 11.3 Å². The number of azide groups is 1. The molecule has 0 bridgehead atoms. The molecule has 1 aliphatic rings. The fourth-order valence-corrected chi connectivity index (χ4v) is 9.00. The van der Waals surface area contributed by atoms with Crippen LogP contribution in [0.25, 0.3) is 32.4 Å². The number of nitrogens with zero attached hydrogens (tertiary/aromatic N) is 9. The molecule has 15 nitrogen and oxygen atoms in total. The van der Waals surface area contributed by atoms with Crippen molar-refractivity contribution in [3.8, 4) is 17.6 Å². The molecule has 3 aromatic heterocycles. The Bertz CT molecular complexity index is 3200. The van der Waals surface area contributed by atoms with Crippen molar-refractivity contribution in [3.05, 3.63) is 133 Å². The van der Waals surface area contributed by atoms with Crippen LogP contribution < -0.4 is 9.47 Å². The van der Waals surface area contributed by atoms with Crippen molar-refractivity contribution < 1.29 is 75.9 Å². The Kier molecular flexibility index (Phi) is 22.7. The number of aryl methyl sites for hydroxylation is 4. The summed E-state index contributed by atoms with van der Waals surface area (Å²) < 4.78 is 190. The first-order valence-corrected chi connectivity index (χ1v) is 35.4. The maximum absolute atomic E-state index is 13.6. The van der Waals surface area contributed by atoms with Gasteiger partial charge in [-0.05, 0) is 86.1 Å². The Morgan fingerprint density at radius 1 is 0.654 bits per heavy atom. The summed E-state index contributed by atoms with van der Waals surface area (Å²) in [6.45, 7) is 9.36. The van der Waals surface area contributed by atoms with Crippen molar-refractivity contribution in [1.29, 1.82) is 5.26 Å². The van der Waals surface area contributed by atoms with Crippen LogP contribution >= 0.6 is 0 Å². The van der Waals surface area contributed by atoms with E-state index in [0.29, 0.717) is 79.2 Å². The summed E-state index contributed by atoms with van der Waals surface area (Å²) in [6.07, 6.45) is -14.7. The Balaban J connectivity index is 0.000000247. The molecular weight excluding hydrogens is 1200 g/mol. The average Bonchev–Trinajstić information content (AvgIpc) is 4.40. The van der Waals surface area contributed by atoms with E-state index in [1.54, 1.807) is 0 Å². The van der Waals surface area contributed by atoms with E-state index in [1.807, 2.05) is 33.8 Å². The molecule has 2 atom stereocenters. The number of nitriles is 1. The zero-order valence-electron chi connectivity index (χ0n) is 45.0. The fourth-order valence-electron chi connectivity index (χ4n) is 8.23. The van der Waals surface area contributed by atoms with Crippen LogP contribution in [-0.4, -0.2) is 62.8 Å². The van der Waals surface area contributed by atoms with Gasteiger partial charge in [-0.15, -0.1) is 10.2 Å². The molecule has 4 aromatic carbocycles. The third-order valence-electron chi connectivity index (χ3n) is 11.8. The first-order chi connectivity index (χ1) is 38.1. The number of halogens is 12. The van der Waals surface area contributed by atoms with Crippen molar-refractivity contribution in [2.45, 2.75) is 144 Å². The van der Waals surface area contributed by atoms with Crippen LogP contribution in [0.4, 0.5) is 52.7 Å². The number of nitrogens with one attached hydrogen (secondary N) is 1. The number of fused-ring (bicyclic) bond motifs is 2. The molecule has 81 heavy (non-hydrogen) atoms. The Morgan fingerprint density at radius 3 is 1.41 bits per heavy atom. The number of hydrogen-bond acceptors (Lipinski definition) is 12.